The summed E-state index contributed by atoms with van der Waals surface area (Å²) in [4.78, 5) is 52.1. The number of carbonyl (C=O) groups excluding carboxylic acids is 2. The van der Waals surface area contributed by atoms with E-state index in [1.54, 1.807) is 54.6 Å². The smallest absolute Gasteiger partial charge is 0.325 e. The van der Waals surface area contributed by atoms with Crippen LogP contribution in [-0.4, -0.2) is 33.4 Å². The monoisotopic (exact) mass is 496 g/mol. The Morgan fingerprint density at radius 2 is 1.76 bits per heavy atom. The lowest BCUT2D eigenvalue weighted by Gasteiger charge is -2.31. The van der Waals surface area contributed by atoms with Gasteiger partial charge in [0.15, 0.2) is 0 Å². The first kappa shape index (κ1) is 23.8. The SMILES string of the molecule is N#Cc1ccc(C2NC(Cc3ccccc3)(C(=O)O)C3C(=O)N(c4cccc([N+](=O)[O-])c4)C(=O)C23)cc1. The van der Waals surface area contributed by atoms with E-state index in [2.05, 4.69) is 5.32 Å². The first-order valence-corrected chi connectivity index (χ1v) is 11.4. The number of carboxylic acids is 1. The van der Waals surface area contributed by atoms with E-state index in [4.69, 9.17) is 5.26 Å². The van der Waals surface area contributed by atoms with Gasteiger partial charge in [-0.25, -0.2) is 4.90 Å². The summed E-state index contributed by atoms with van der Waals surface area (Å²) in [7, 11) is 0. The van der Waals surface area contributed by atoms with Crippen LogP contribution in [0.5, 0.6) is 0 Å². The van der Waals surface area contributed by atoms with Crippen molar-refractivity contribution in [2.75, 3.05) is 4.90 Å². The van der Waals surface area contributed by atoms with Gasteiger partial charge in [-0.2, -0.15) is 5.26 Å². The van der Waals surface area contributed by atoms with E-state index in [1.165, 1.54) is 18.2 Å². The van der Waals surface area contributed by atoms with Crippen molar-refractivity contribution in [2.45, 2.75) is 18.0 Å². The summed E-state index contributed by atoms with van der Waals surface area (Å²) in [6.45, 7) is 0. The minimum Gasteiger partial charge on any atom is -0.480 e. The molecule has 5 rings (SSSR count). The second-order valence-corrected chi connectivity index (χ2v) is 9.09. The normalized spacial score (nSPS) is 24.5. The fourth-order valence-corrected chi connectivity index (χ4v) is 5.41. The maximum Gasteiger partial charge on any atom is 0.325 e. The molecule has 2 N–H and O–H groups in total. The summed E-state index contributed by atoms with van der Waals surface area (Å²) < 4.78 is 0. The van der Waals surface area contributed by atoms with Crippen LogP contribution in [0.25, 0.3) is 0 Å². The molecule has 2 saturated heterocycles. The molecule has 37 heavy (non-hydrogen) atoms. The number of hydrogen-bond donors (Lipinski definition) is 2. The Bertz CT molecular complexity index is 1470. The fraction of sp³-hybridized carbons (Fsp3) is 0.185. The molecule has 2 fully saturated rings. The summed E-state index contributed by atoms with van der Waals surface area (Å²) in [5.41, 5.74) is -0.522. The lowest BCUT2D eigenvalue weighted by Crippen LogP contribution is -2.57. The number of fused-ring (bicyclic) bond motifs is 1. The number of amides is 2. The molecule has 4 atom stereocenters. The van der Waals surface area contributed by atoms with Crippen molar-refractivity contribution < 1.29 is 24.4 Å². The number of aliphatic carboxylic acids is 1. The number of non-ortho nitro benzene ring substituents is 1. The third-order valence-electron chi connectivity index (χ3n) is 7.06. The van der Waals surface area contributed by atoms with Gasteiger partial charge in [0.05, 0.1) is 34.1 Å². The Kier molecular flexibility index (Phi) is 5.78. The van der Waals surface area contributed by atoms with Crippen LogP contribution in [0.2, 0.25) is 0 Å². The lowest BCUT2D eigenvalue weighted by molar-refractivity contribution is -0.384. The summed E-state index contributed by atoms with van der Waals surface area (Å²) in [5.74, 6) is -5.03. The van der Waals surface area contributed by atoms with Gasteiger partial charge in [-0.3, -0.25) is 29.8 Å². The summed E-state index contributed by atoms with van der Waals surface area (Å²) in [6.07, 6.45) is -0.0705. The Balaban J connectivity index is 1.65. The molecule has 2 aliphatic heterocycles. The summed E-state index contributed by atoms with van der Waals surface area (Å²) in [5, 5.41) is 34.1. The number of benzene rings is 3. The van der Waals surface area contributed by atoms with E-state index in [0.717, 1.165) is 11.0 Å². The highest BCUT2D eigenvalue weighted by Crippen LogP contribution is 2.51. The van der Waals surface area contributed by atoms with Crippen LogP contribution >= 0.6 is 0 Å². The van der Waals surface area contributed by atoms with Crippen LogP contribution in [0, 0.1) is 33.3 Å². The van der Waals surface area contributed by atoms with Crippen LogP contribution in [0.15, 0.2) is 78.9 Å². The number of rotatable bonds is 6. The highest BCUT2D eigenvalue weighted by atomic mass is 16.6. The van der Waals surface area contributed by atoms with Gasteiger partial charge in [0.1, 0.15) is 5.54 Å². The van der Waals surface area contributed by atoms with Crippen molar-refractivity contribution in [3.8, 4) is 6.07 Å². The molecule has 184 valence electrons. The molecule has 2 heterocycles. The summed E-state index contributed by atoms with van der Waals surface area (Å²) in [6, 6.07) is 21.5. The maximum absolute atomic E-state index is 13.9. The average Bonchev–Trinajstić information content (AvgIpc) is 3.38. The van der Waals surface area contributed by atoms with Gasteiger partial charge in [0.2, 0.25) is 11.8 Å². The number of nitrogens with zero attached hydrogens (tertiary/aromatic N) is 3. The zero-order chi connectivity index (χ0) is 26.3. The number of carbonyl (C=O) groups is 3. The van der Waals surface area contributed by atoms with Crippen molar-refractivity contribution in [3.63, 3.8) is 0 Å². The second-order valence-electron chi connectivity index (χ2n) is 9.09. The number of nitro groups is 1. The van der Waals surface area contributed by atoms with Gasteiger partial charge in [0, 0.05) is 24.6 Å². The Morgan fingerprint density at radius 1 is 1.05 bits per heavy atom. The molecule has 0 radical (unpaired) electrons. The van der Waals surface area contributed by atoms with Crippen molar-refractivity contribution in [1.29, 1.82) is 5.26 Å². The molecule has 0 spiro atoms. The quantitative estimate of drug-likeness (QED) is 0.300. The van der Waals surface area contributed by atoms with Gasteiger partial charge in [-0.1, -0.05) is 48.5 Å². The van der Waals surface area contributed by atoms with Crippen molar-refractivity contribution in [2.24, 2.45) is 11.8 Å². The third-order valence-corrected chi connectivity index (χ3v) is 7.06. The predicted molar refractivity (Wildman–Crippen MR) is 130 cm³/mol. The van der Waals surface area contributed by atoms with Gasteiger partial charge >= 0.3 is 5.97 Å². The number of nitriles is 1. The molecule has 3 aromatic rings. The Labute approximate surface area is 210 Å². The van der Waals surface area contributed by atoms with E-state index in [9.17, 15) is 29.6 Å². The number of hydrogen-bond acceptors (Lipinski definition) is 7. The summed E-state index contributed by atoms with van der Waals surface area (Å²) >= 11 is 0. The topological polar surface area (TPSA) is 154 Å². The standard InChI is InChI=1S/C27H20N4O6/c28-15-17-9-11-18(12-10-17)23-21-22(27(29-23,26(34)35)14-16-5-2-1-3-6-16)25(33)30(24(21)32)19-7-4-8-20(13-19)31(36)37/h1-13,21-23,29H,14H2,(H,34,35). The van der Waals surface area contributed by atoms with E-state index in [1.807, 2.05) is 6.07 Å². The average molecular weight is 496 g/mol. The third kappa shape index (κ3) is 3.82. The molecule has 10 heteroatoms. The lowest BCUT2D eigenvalue weighted by atomic mass is 9.76. The first-order valence-electron chi connectivity index (χ1n) is 11.4. The number of nitrogens with one attached hydrogen (secondary N) is 1. The van der Waals surface area contributed by atoms with E-state index < -0.39 is 46.1 Å². The van der Waals surface area contributed by atoms with E-state index in [-0.39, 0.29) is 17.8 Å². The van der Waals surface area contributed by atoms with Crippen LogP contribution in [-0.2, 0) is 20.8 Å². The number of imide groups is 1. The minimum atomic E-state index is -1.83. The van der Waals surface area contributed by atoms with Gasteiger partial charge in [-0.15, -0.1) is 0 Å². The highest BCUT2D eigenvalue weighted by molar-refractivity contribution is 6.24. The van der Waals surface area contributed by atoms with Crippen molar-refractivity contribution in [1.82, 2.24) is 5.32 Å². The van der Waals surface area contributed by atoms with Crippen LogP contribution in [0.4, 0.5) is 11.4 Å². The molecule has 0 bridgehead atoms. The van der Waals surface area contributed by atoms with E-state index >= 15 is 0 Å². The van der Waals surface area contributed by atoms with Crippen LogP contribution in [0.3, 0.4) is 0 Å². The van der Waals surface area contributed by atoms with Gasteiger partial charge in [-0.05, 0) is 29.3 Å². The van der Waals surface area contributed by atoms with Gasteiger partial charge < -0.3 is 5.11 Å². The van der Waals surface area contributed by atoms with Crippen LogP contribution in [0.1, 0.15) is 22.7 Å². The highest BCUT2D eigenvalue weighted by Gasteiger charge is 2.68. The fourth-order valence-electron chi connectivity index (χ4n) is 5.41. The molecule has 3 aromatic carbocycles. The molecular weight excluding hydrogens is 476 g/mol. The van der Waals surface area contributed by atoms with Gasteiger partial charge in [0.25, 0.3) is 5.69 Å². The largest absolute Gasteiger partial charge is 0.480 e. The zero-order valence-electron chi connectivity index (χ0n) is 19.3. The van der Waals surface area contributed by atoms with Crippen LogP contribution < -0.4 is 10.2 Å². The Hall–Kier alpha value is -4.88. The molecular formula is C27H20N4O6. The number of anilines is 1. The molecule has 0 aromatic heterocycles. The maximum atomic E-state index is 13.9. The zero-order valence-corrected chi connectivity index (χ0v) is 19.3. The predicted octanol–water partition coefficient (Wildman–Crippen LogP) is 2.98. The number of carboxylic acid groups (broad SMARTS) is 1. The molecule has 0 saturated carbocycles. The molecule has 4 unspecified atom stereocenters. The minimum absolute atomic E-state index is 0.0104. The Morgan fingerprint density at radius 3 is 2.38 bits per heavy atom. The van der Waals surface area contributed by atoms with Crippen molar-refractivity contribution in [3.05, 3.63) is 106 Å². The first-order chi connectivity index (χ1) is 17.8. The number of nitro benzene ring substituents is 1. The molecule has 0 aliphatic carbocycles. The second kappa shape index (κ2) is 8.96. The van der Waals surface area contributed by atoms with Crippen molar-refractivity contribution >= 4 is 29.2 Å². The molecule has 2 amide bonds. The molecule has 10 nitrogen and oxygen atoms in total. The molecule has 2 aliphatic rings. The van der Waals surface area contributed by atoms with E-state index in [0.29, 0.717) is 16.7 Å².